The summed E-state index contributed by atoms with van der Waals surface area (Å²) >= 11 is 0. The molecule has 0 saturated heterocycles. The SMILES string of the molecule is COc1nc(OC2CC3C(=O)NC4(C(=O)O)CC4C=CCCCCN(C)C(=O)C3C2)cc(-c2ccccc2)n1. The number of methoxy groups -OCH3 is 1. The number of fused-ring (bicyclic) bond motifs is 2. The van der Waals surface area contributed by atoms with Crippen LogP contribution in [0.4, 0.5) is 0 Å². The van der Waals surface area contributed by atoms with Crippen molar-refractivity contribution in [3.8, 4) is 23.1 Å². The first kappa shape index (κ1) is 26.6. The van der Waals surface area contributed by atoms with Gasteiger partial charge in [0.25, 0.3) is 0 Å². The molecule has 39 heavy (non-hydrogen) atoms. The molecule has 0 radical (unpaired) electrons. The third-order valence-electron chi connectivity index (χ3n) is 8.00. The normalized spacial score (nSPS) is 29.0. The molecular weight excluding hydrogens is 500 g/mol. The fourth-order valence-electron chi connectivity index (χ4n) is 5.67. The predicted molar refractivity (Wildman–Crippen MR) is 142 cm³/mol. The molecule has 5 atom stereocenters. The summed E-state index contributed by atoms with van der Waals surface area (Å²) in [6.45, 7) is 0.592. The Labute approximate surface area is 227 Å². The van der Waals surface area contributed by atoms with Gasteiger partial charge in [0.1, 0.15) is 11.6 Å². The first-order valence-electron chi connectivity index (χ1n) is 13.4. The molecule has 2 fully saturated rings. The van der Waals surface area contributed by atoms with Gasteiger partial charge in [-0.15, -0.1) is 0 Å². The van der Waals surface area contributed by atoms with Crippen LogP contribution in [0, 0.1) is 17.8 Å². The number of nitrogens with one attached hydrogen (secondary N) is 1. The molecule has 2 aliphatic carbocycles. The molecular formula is C29H34N4O6. The van der Waals surface area contributed by atoms with Crippen molar-refractivity contribution >= 4 is 17.8 Å². The zero-order chi connectivity index (χ0) is 27.6. The van der Waals surface area contributed by atoms with Crippen molar-refractivity contribution in [2.24, 2.45) is 17.8 Å². The second-order valence-electron chi connectivity index (χ2n) is 10.6. The topological polar surface area (TPSA) is 131 Å². The lowest BCUT2D eigenvalue weighted by atomic mass is 9.93. The second-order valence-corrected chi connectivity index (χ2v) is 10.6. The number of nitrogens with zero attached hydrogens (tertiary/aromatic N) is 3. The van der Waals surface area contributed by atoms with Crippen LogP contribution < -0.4 is 14.8 Å². The molecule has 5 rings (SSSR count). The zero-order valence-electron chi connectivity index (χ0n) is 22.2. The molecule has 2 amide bonds. The van der Waals surface area contributed by atoms with Gasteiger partial charge in [0, 0.05) is 31.1 Å². The van der Waals surface area contributed by atoms with E-state index in [1.165, 1.54) is 7.11 Å². The number of carbonyl (C=O) groups is 3. The number of hydrogen-bond acceptors (Lipinski definition) is 7. The van der Waals surface area contributed by atoms with Crippen LogP contribution in [0.15, 0.2) is 48.6 Å². The van der Waals surface area contributed by atoms with Crippen LogP contribution in [0.1, 0.15) is 38.5 Å². The number of rotatable bonds is 5. The number of hydrogen-bond donors (Lipinski definition) is 2. The van der Waals surface area contributed by atoms with E-state index in [1.54, 1.807) is 18.0 Å². The largest absolute Gasteiger partial charge is 0.479 e. The molecule has 1 aromatic carbocycles. The van der Waals surface area contributed by atoms with E-state index >= 15 is 0 Å². The first-order chi connectivity index (χ1) is 18.8. The third kappa shape index (κ3) is 5.60. The number of aromatic nitrogens is 2. The molecule has 0 bridgehead atoms. The van der Waals surface area contributed by atoms with Gasteiger partial charge < -0.3 is 24.8 Å². The Morgan fingerprint density at radius 3 is 2.64 bits per heavy atom. The van der Waals surface area contributed by atoms with Crippen LogP contribution in [0.2, 0.25) is 0 Å². The zero-order valence-corrected chi connectivity index (χ0v) is 22.2. The summed E-state index contributed by atoms with van der Waals surface area (Å²) in [6, 6.07) is 11.4. The Morgan fingerprint density at radius 1 is 1.13 bits per heavy atom. The Morgan fingerprint density at radius 2 is 1.90 bits per heavy atom. The predicted octanol–water partition coefficient (Wildman–Crippen LogP) is 3.08. The van der Waals surface area contributed by atoms with E-state index in [9.17, 15) is 19.5 Å². The average Bonchev–Trinajstić information content (AvgIpc) is 3.48. The van der Waals surface area contributed by atoms with E-state index in [0.29, 0.717) is 25.1 Å². The van der Waals surface area contributed by atoms with Crippen molar-refractivity contribution in [3.63, 3.8) is 0 Å². The van der Waals surface area contributed by atoms with Gasteiger partial charge in [0.05, 0.1) is 24.6 Å². The van der Waals surface area contributed by atoms with E-state index in [1.807, 2.05) is 42.5 Å². The molecule has 2 N–H and O–H groups in total. The quantitative estimate of drug-likeness (QED) is 0.560. The standard InChI is InChI=1S/C29H34N4O6/c1-33-13-9-4-3-8-12-19-17-29(19,27(36)37)32-25(34)21-14-20(15-22(21)26(33)35)39-24-16-23(30-28(31-24)38-2)18-10-6-5-7-11-18/h5-8,10-12,16,19-22H,3-4,9,13-15,17H2,1-2H3,(H,32,34)(H,36,37). The van der Waals surface area contributed by atoms with E-state index < -0.39 is 35.4 Å². The summed E-state index contributed by atoms with van der Waals surface area (Å²) in [6.07, 6.45) is 6.86. The molecule has 206 valence electrons. The number of amides is 2. The monoisotopic (exact) mass is 534 g/mol. The highest BCUT2D eigenvalue weighted by molar-refractivity contribution is 5.94. The minimum absolute atomic E-state index is 0.129. The summed E-state index contributed by atoms with van der Waals surface area (Å²) in [5.41, 5.74) is 0.172. The molecule has 0 spiro atoms. The van der Waals surface area contributed by atoms with Crippen LogP contribution in [0.3, 0.4) is 0 Å². The fraction of sp³-hybridized carbons (Fsp3) is 0.483. The van der Waals surface area contributed by atoms with E-state index in [2.05, 4.69) is 15.3 Å². The van der Waals surface area contributed by atoms with Gasteiger partial charge in [-0.3, -0.25) is 9.59 Å². The highest BCUT2D eigenvalue weighted by Crippen LogP contribution is 2.46. The molecule has 2 saturated carbocycles. The minimum Gasteiger partial charge on any atom is -0.479 e. The maximum atomic E-state index is 13.5. The Balaban J connectivity index is 1.40. The van der Waals surface area contributed by atoms with Crippen LogP contribution in [-0.2, 0) is 14.4 Å². The number of aliphatic carboxylic acids is 1. The van der Waals surface area contributed by atoms with E-state index in [4.69, 9.17) is 9.47 Å². The first-order valence-corrected chi connectivity index (χ1v) is 13.4. The fourth-order valence-corrected chi connectivity index (χ4v) is 5.67. The summed E-state index contributed by atoms with van der Waals surface area (Å²) in [7, 11) is 3.23. The number of carbonyl (C=O) groups excluding carboxylic acids is 2. The van der Waals surface area contributed by atoms with Crippen molar-refractivity contribution in [3.05, 3.63) is 48.6 Å². The molecule has 1 aromatic heterocycles. The Bertz CT molecular complexity index is 1270. The van der Waals surface area contributed by atoms with Crippen molar-refractivity contribution in [1.29, 1.82) is 0 Å². The highest BCUT2D eigenvalue weighted by atomic mass is 16.5. The number of ether oxygens (including phenoxy) is 2. The molecule has 10 heteroatoms. The van der Waals surface area contributed by atoms with Gasteiger partial charge in [0.15, 0.2) is 0 Å². The summed E-state index contributed by atoms with van der Waals surface area (Å²) < 4.78 is 11.5. The van der Waals surface area contributed by atoms with E-state index in [0.717, 1.165) is 24.8 Å². The second kappa shape index (κ2) is 11.0. The molecule has 3 aliphatic rings. The third-order valence-corrected chi connectivity index (χ3v) is 8.00. The molecule has 5 unspecified atom stereocenters. The summed E-state index contributed by atoms with van der Waals surface area (Å²) in [5.74, 6) is -2.91. The lowest BCUT2D eigenvalue weighted by Gasteiger charge is -2.26. The molecule has 2 aromatic rings. The van der Waals surface area contributed by atoms with Gasteiger partial charge in [-0.1, -0.05) is 42.5 Å². The van der Waals surface area contributed by atoms with Gasteiger partial charge in [-0.05, 0) is 38.5 Å². The van der Waals surface area contributed by atoms with Crippen molar-refractivity contribution in [2.45, 2.75) is 50.2 Å². The number of carboxylic acid groups (broad SMARTS) is 1. The number of allylic oxidation sites excluding steroid dienone is 1. The van der Waals surface area contributed by atoms with Gasteiger partial charge >= 0.3 is 12.0 Å². The summed E-state index contributed by atoms with van der Waals surface area (Å²) in [5, 5.41) is 12.7. The number of benzene rings is 1. The Kier molecular flexibility index (Phi) is 7.54. The van der Waals surface area contributed by atoms with Gasteiger partial charge in [0.2, 0.25) is 17.7 Å². The van der Waals surface area contributed by atoms with Gasteiger partial charge in [-0.25, -0.2) is 4.79 Å². The maximum Gasteiger partial charge on any atom is 0.330 e. The average molecular weight is 535 g/mol. The van der Waals surface area contributed by atoms with Gasteiger partial charge in [-0.2, -0.15) is 9.97 Å². The van der Waals surface area contributed by atoms with Crippen LogP contribution in [-0.4, -0.2) is 70.1 Å². The summed E-state index contributed by atoms with van der Waals surface area (Å²) in [4.78, 5) is 49.6. The van der Waals surface area contributed by atoms with E-state index in [-0.39, 0.29) is 30.1 Å². The Hall–Kier alpha value is -3.95. The van der Waals surface area contributed by atoms with Crippen LogP contribution in [0.25, 0.3) is 11.3 Å². The maximum absolute atomic E-state index is 13.5. The van der Waals surface area contributed by atoms with Crippen molar-refractivity contribution < 1.29 is 29.0 Å². The minimum atomic E-state index is -1.32. The van der Waals surface area contributed by atoms with Crippen LogP contribution in [0.5, 0.6) is 11.9 Å². The smallest absolute Gasteiger partial charge is 0.330 e. The molecule has 10 nitrogen and oxygen atoms in total. The lowest BCUT2D eigenvalue weighted by Crippen LogP contribution is -2.49. The number of carboxylic acids is 1. The lowest BCUT2D eigenvalue weighted by molar-refractivity contribution is -0.145. The van der Waals surface area contributed by atoms with Crippen molar-refractivity contribution in [1.82, 2.24) is 20.2 Å². The molecule has 1 aliphatic heterocycles. The van der Waals surface area contributed by atoms with Crippen molar-refractivity contribution in [2.75, 3.05) is 20.7 Å². The molecule has 2 heterocycles. The van der Waals surface area contributed by atoms with Crippen LogP contribution >= 0.6 is 0 Å². The highest BCUT2D eigenvalue weighted by Gasteiger charge is 2.61.